The number of fused-ring (bicyclic) bond motifs is 5. The second-order valence-corrected chi connectivity index (χ2v) is 10.9. The van der Waals surface area contributed by atoms with Crippen LogP contribution < -0.4 is 9.74 Å². The van der Waals surface area contributed by atoms with Crippen molar-refractivity contribution in [3.8, 4) is 17.1 Å². The van der Waals surface area contributed by atoms with Gasteiger partial charge in [0.2, 0.25) is 0 Å². The highest BCUT2D eigenvalue weighted by atomic mass is 32.2. The molecule has 0 bridgehead atoms. The fourth-order valence-corrected chi connectivity index (χ4v) is 5.82. The Morgan fingerprint density at radius 3 is 2.59 bits per heavy atom. The van der Waals surface area contributed by atoms with Crippen LogP contribution in [0, 0.1) is 6.92 Å². The molecule has 2 aromatic heterocycles. The van der Waals surface area contributed by atoms with E-state index in [2.05, 4.69) is 0 Å². The summed E-state index contributed by atoms with van der Waals surface area (Å²) in [6.07, 6.45) is 0.0635. The van der Waals surface area contributed by atoms with Crippen molar-refractivity contribution in [2.45, 2.75) is 43.9 Å². The summed E-state index contributed by atoms with van der Waals surface area (Å²) in [7, 11) is -4.02. The van der Waals surface area contributed by atoms with Crippen LogP contribution in [0.25, 0.3) is 22.3 Å². The lowest BCUT2D eigenvalue weighted by molar-refractivity contribution is -0.172. The molecule has 0 radical (unpaired) electrons. The van der Waals surface area contributed by atoms with Gasteiger partial charge in [-0.05, 0) is 55.8 Å². The van der Waals surface area contributed by atoms with Gasteiger partial charge >= 0.3 is 16.1 Å². The van der Waals surface area contributed by atoms with E-state index in [-0.39, 0.29) is 46.9 Å². The molecule has 0 saturated heterocycles. The Morgan fingerprint density at radius 1 is 1.11 bits per heavy atom. The molecule has 0 amide bonds. The zero-order valence-corrected chi connectivity index (χ0v) is 20.8. The molecule has 1 N–H and O–H groups in total. The number of pyridine rings is 2. The van der Waals surface area contributed by atoms with E-state index in [0.717, 1.165) is 11.1 Å². The highest BCUT2D eigenvalue weighted by Gasteiger charge is 2.45. The molecule has 2 aromatic carbocycles. The minimum absolute atomic E-state index is 0.0542. The van der Waals surface area contributed by atoms with Crippen LogP contribution in [0.1, 0.15) is 35.6 Å². The Labute approximate surface area is 212 Å². The van der Waals surface area contributed by atoms with Gasteiger partial charge in [-0.2, -0.15) is 8.42 Å². The van der Waals surface area contributed by atoms with Crippen molar-refractivity contribution in [3.63, 3.8) is 0 Å². The van der Waals surface area contributed by atoms with Gasteiger partial charge in [0.25, 0.3) is 5.56 Å². The van der Waals surface area contributed by atoms with E-state index >= 15 is 0 Å². The van der Waals surface area contributed by atoms with Crippen LogP contribution in [0.5, 0.6) is 5.75 Å². The number of esters is 1. The molecule has 6 rings (SSSR count). The number of carbonyl (C=O) groups excluding carboxylic acids is 1. The Bertz CT molecular complexity index is 1790. The normalized spacial score (nSPS) is 18.2. The Hall–Kier alpha value is -4.02. The monoisotopic (exact) mass is 518 g/mol. The van der Waals surface area contributed by atoms with E-state index in [0.29, 0.717) is 22.3 Å². The first-order valence-corrected chi connectivity index (χ1v) is 13.1. The maximum atomic E-state index is 13.3. The smallest absolute Gasteiger partial charge is 0.343 e. The second kappa shape index (κ2) is 7.99. The van der Waals surface area contributed by atoms with Crippen molar-refractivity contribution in [1.82, 2.24) is 9.55 Å². The highest BCUT2D eigenvalue weighted by Crippen LogP contribution is 2.39. The van der Waals surface area contributed by atoms with E-state index in [1.807, 2.05) is 13.0 Å². The molecule has 0 spiro atoms. The molecule has 0 saturated carbocycles. The van der Waals surface area contributed by atoms with E-state index < -0.39 is 21.7 Å². The molecule has 1 unspecified atom stereocenters. The van der Waals surface area contributed by atoms with Crippen molar-refractivity contribution >= 4 is 27.0 Å². The van der Waals surface area contributed by atoms with Crippen molar-refractivity contribution < 1.29 is 27.2 Å². The summed E-state index contributed by atoms with van der Waals surface area (Å²) in [6, 6.07) is 14.6. The van der Waals surface area contributed by atoms with Gasteiger partial charge in [0.05, 0.1) is 29.0 Å². The largest absolute Gasteiger partial charge is 0.458 e. The second-order valence-electron chi connectivity index (χ2n) is 9.30. The summed E-state index contributed by atoms with van der Waals surface area (Å²) < 4.78 is 37.4. The lowest BCUT2D eigenvalue weighted by atomic mass is 9.86. The van der Waals surface area contributed by atoms with Crippen LogP contribution in [-0.2, 0) is 38.4 Å². The summed E-state index contributed by atoms with van der Waals surface area (Å²) >= 11 is 0. The third-order valence-electron chi connectivity index (χ3n) is 6.99. The van der Waals surface area contributed by atoms with E-state index in [1.165, 1.54) is 18.2 Å². The van der Waals surface area contributed by atoms with Crippen LogP contribution in [0.15, 0.2) is 64.3 Å². The maximum Gasteiger partial charge on any atom is 0.343 e. The quantitative estimate of drug-likeness (QED) is 0.284. The van der Waals surface area contributed by atoms with Crippen molar-refractivity contribution in [1.29, 1.82) is 0 Å². The number of rotatable bonds is 4. The first-order chi connectivity index (χ1) is 17.6. The SMILES string of the molecule is CCC1(O)C(=O)OCc2c1cc1n(c2=O)Cc2cc3cc(OS(=O)(=O)c4ccc(C)cc4)ccc3nc2-1. The summed E-state index contributed by atoms with van der Waals surface area (Å²) in [6.45, 7) is 3.56. The molecule has 2 aliphatic heterocycles. The molecule has 2 aliphatic rings. The zero-order chi connectivity index (χ0) is 26.1. The number of benzene rings is 2. The molecule has 1 atom stereocenters. The number of aromatic nitrogens is 2. The fraction of sp³-hybridized carbons (Fsp3) is 0.222. The Morgan fingerprint density at radius 2 is 1.86 bits per heavy atom. The Kier molecular flexibility index (Phi) is 5.05. The van der Waals surface area contributed by atoms with Gasteiger partial charge in [-0.25, -0.2) is 9.78 Å². The molecule has 4 aromatic rings. The number of nitrogens with zero attached hydrogens (tertiary/aromatic N) is 2. The van der Waals surface area contributed by atoms with Crippen LogP contribution >= 0.6 is 0 Å². The molecule has 37 heavy (non-hydrogen) atoms. The number of ether oxygens (including phenoxy) is 1. The first kappa shape index (κ1) is 23.4. The molecule has 4 heterocycles. The van der Waals surface area contributed by atoms with E-state index in [9.17, 15) is 23.1 Å². The molecule has 0 fully saturated rings. The molecule has 10 heteroatoms. The molecule has 0 aliphatic carbocycles. The number of hydrogen-bond acceptors (Lipinski definition) is 8. The summed E-state index contributed by atoms with van der Waals surface area (Å²) in [5.41, 5.74) is 1.59. The molecule has 188 valence electrons. The molecule has 9 nitrogen and oxygen atoms in total. The lowest BCUT2D eigenvalue weighted by Crippen LogP contribution is -2.44. The topological polar surface area (TPSA) is 125 Å². The van der Waals surface area contributed by atoms with Gasteiger partial charge in [0.1, 0.15) is 17.3 Å². The van der Waals surface area contributed by atoms with Gasteiger partial charge in [-0.3, -0.25) is 4.79 Å². The van der Waals surface area contributed by atoms with Gasteiger partial charge in [-0.1, -0.05) is 24.6 Å². The van der Waals surface area contributed by atoms with Gasteiger partial charge < -0.3 is 18.6 Å². The zero-order valence-electron chi connectivity index (χ0n) is 20.0. The van der Waals surface area contributed by atoms with E-state index in [1.54, 1.807) is 41.8 Å². The molecular weight excluding hydrogens is 496 g/mol. The van der Waals surface area contributed by atoms with Crippen LogP contribution in [0.2, 0.25) is 0 Å². The first-order valence-electron chi connectivity index (χ1n) is 11.7. The van der Waals surface area contributed by atoms with Crippen molar-refractivity contribution in [3.05, 3.63) is 87.2 Å². The van der Waals surface area contributed by atoms with Gasteiger partial charge in [0, 0.05) is 16.5 Å². The van der Waals surface area contributed by atoms with Crippen LogP contribution in [0.3, 0.4) is 0 Å². The minimum atomic E-state index is -4.02. The van der Waals surface area contributed by atoms with Gasteiger partial charge in [0.15, 0.2) is 5.60 Å². The minimum Gasteiger partial charge on any atom is -0.458 e. The van der Waals surface area contributed by atoms with Crippen molar-refractivity contribution in [2.24, 2.45) is 0 Å². The average molecular weight is 519 g/mol. The van der Waals surface area contributed by atoms with Crippen LogP contribution in [0.4, 0.5) is 0 Å². The third-order valence-corrected chi connectivity index (χ3v) is 8.26. The fourth-order valence-electron chi connectivity index (χ4n) is 4.90. The molecular formula is C27H22N2O7S. The maximum absolute atomic E-state index is 13.3. The third kappa shape index (κ3) is 3.55. The predicted octanol–water partition coefficient (Wildman–Crippen LogP) is 3.16. The Balaban J connectivity index is 1.41. The van der Waals surface area contributed by atoms with Crippen molar-refractivity contribution in [2.75, 3.05) is 0 Å². The summed E-state index contributed by atoms with van der Waals surface area (Å²) in [4.78, 5) is 30.4. The highest BCUT2D eigenvalue weighted by molar-refractivity contribution is 7.87. The average Bonchev–Trinajstić information content (AvgIpc) is 3.23. The number of hydrogen-bond donors (Lipinski definition) is 1. The summed E-state index contributed by atoms with van der Waals surface area (Å²) in [5, 5.41) is 11.6. The summed E-state index contributed by atoms with van der Waals surface area (Å²) in [5.74, 6) is -0.633. The van der Waals surface area contributed by atoms with Gasteiger partial charge in [-0.15, -0.1) is 0 Å². The van der Waals surface area contributed by atoms with E-state index in [4.69, 9.17) is 13.9 Å². The number of aliphatic hydroxyl groups is 1. The number of aryl methyl sites for hydroxylation is 1. The lowest BCUT2D eigenvalue weighted by Gasteiger charge is -2.31. The standard InChI is InChI=1S/C27H22N2O7S/c1-3-27(32)21-12-23-24-17(13-29(23)25(30)20(21)14-35-26(27)31)10-16-11-18(6-9-22(16)28-24)36-37(33,34)19-7-4-15(2)5-8-19/h4-12,32H,3,13-14H2,1-2H3. The predicted molar refractivity (Wildman–Crippen MR) is 134 cm³/mol. The number of cyclic esters (lactones) is 1. The van der Waals surface area contributed by atoms with Crippen LogP contribution in [-0.4, -0.2) is 29.0 Å². The number of carbonyl (C=O) groups is 1.